The summed E-state index contributed by atoms with van der Waals surface area (Å²) < 4.78 is 1.50. The molecule has 0 saturated heterocycles. The molecule has 0 saturated carbocycles. The number of aromatic nitrogens is 6. The Balaban J connectivity index is 2.23. The van der Waals surface area contributed by atoms with E-state index in [1.807, 2.05) is 6.07 Å². The normalized spacial score (nSPS) is 11.0. The van der Waals surface area contributed by atoms with Crippen molar-refractivity contribution in [3.05, 3.63) is 41.5 Å². The Morgan fingerprint density at radius 1 is 1.35 bits per heavy atom. The van der Waals surface area contributed by atoms with E-state index in [0.717, 1.165) is 0 Å². The van der Waals surface area contributed by atoms with Gasteiger partial charge < -0.3 is 5.73 Å². The highest BCUT2D eigenvalue weighted by molar-refractivity contribution is 6.06. The molecule has 0 fully saturated rings. The molecule has 126 valence electrons. The number of nitrogens with two attached hydrogens (primary N) is 1. The van der Waals surface area contributed by atoms with Crippen molar-refractivity contribution in [3.63, 3.8) is 0 Å². The first-order valence-electron chi connectivity index (χ1n) is 7.69. The molecule has 4 aromatic heterocycles. The number of anilines is 1. The molecular weight excluding hydrogens is 332 g/mol. The lowest BCUT2D eigenvalue weighted by Crippen LogP contribution is -2.08. The van der Waals surface area contributed by atoms with Crippen LogP contribution < -0.4 is 5.73 Å². The topological polar surface area (TPSA) is 136 Å². The van der Waals surface area contributed by atoms with Gasteiger partial charge in [-0.25, -0.2) is 9.50 Å². The number of aryl methyl sites for hydroxylation is 1. The third-order valence-corrected chi connectivity index (χ3v) is 4.13. The van der Waals surface area contributed by atoms with Crippen molar-refractivity contribution in [1.82, 2.24) is 29.8 Å². The monoisotopic (exact) mass is 344 g/mol. The Hall–Kier alpha value is -3.93. The van der Waals surface area contributed by atoms with Gasteiger partial charge in [-0.15, -0.1) is 15.3 Å². The van der Waals surface area contributed by atoms with Gasteiger partial charge in [-0.1, -0.05) is 6.07 Å². The Kier molecular flexibility index (Phi) is 3.33. The predicted octanol–water partition coefficient (Wildman–Crippen LogP) is 1.70. The number of hydrogen-bond donors (Lipinski definition) is 1. The SMILES string of the molecule is CC(=O)c1nnc2c3c(-c4cccnc4)c(C#N)c(N)nc3nn2c1C. The number of carbonyl (C=O) groups excluding carboxylic acids is 1. The van der Waals surface area contributed by atoms with Gasteiger partial charge in [0.2, 0.25) is 0 Å². The van der Waals surface area contributed by atoms with E-state index in [0.29, 0.717) is 33.5 Å². The third-order valence-electron chi connectivity index (χ3n) is 4.13. The van der Waals surface area contributed by atoms with Crippen LogP contribution in [0, 0.1) is 18.3 Å². The lowest BCUT2D eigenvalue weighted by Gasteiger charge is -2.07. The third kappa shape index (κ3) is 2.09. The number of pyridine rings is 2. The lowest BCUT2D eigenvalue weighted by molar-refractivity contribution is 0.101. The molecule has 0 radical (unpaired) electrons. The second-order valence-corrected chi connectivity index (χ2v) is 5.72. The molecule has 2 N–H and O–H groups in total. The van der Waals surface area contributed by atoms with Crippen molar-refractivity contribution >= 4 is 28.3 Å². The fraction of sp³-hybridized carbons (Fsp3) is 0.118. The summed E-state index contributed by atoms with van der Waals surface area (Å²) in [5.41, 5.74) is 8.90. The summed E-state index contributed by atoms with van der Waals surface area (Å²) in [6, 6.07) is 5.67. The largest absolute Gasteiger partial charge is 0.383 e. The summed E-state index contributed by atoms with van der Waals surface area (Å²) in [7, 11) is 0. The minimum absolute atomic E-state index is 0.0691. The van der Waals surface area contributed by atoms with Crippen molar-refractivity contribution in [1.29, 1.82) is 5.26 Å². The molecule has 0 aromatic carbocycles. The smallest absolute Gasteiger partial charge is 0.187 e. The molecule has 4 rings (SSSR count). The summed E-state index contributed by atoms with van der Waals surface area (Å²) in [6.45, 7) is 3.14. The van der Waals surface area contributed by atoms with E-state index >= 15 is 0 Å². The van der Waals surface area contributed by atoms with Crippen LogP contribution in [0.3, 0.4) is 0 Å². The van der Waals surface area contributed by atoms with Gasteiger partial charge in [-0.3, -0.25) is 9.78 Å². The number of fused-ring (bicyclic) bond motifs is 3. The molecule has 0 amide bonds. The predicted molar refractivity (Wildman–Crippen MR) is 93.2 cm³/mol. The molecule has 9 heteroatoms. The van der Waals surface area contributed by atoms with E-state index in [-0.39, 0.29) is 22.9 Å². The Morgan fingerprint density at radius 2 is 2.15 bits per heavy atom. The van der Waals surface area contributed by atoms with E-state index in [1.54, 1.807) is 25.4 Å². The number of ketones is 1. The van der Waals surface area contributed by atoms with Crippen molar-refractivity contribution in [2.75, 3.05) is 5.73 Å². The fourth-order valence-corrected chi connectivity index (χ4v) is 2.96. The van der Waals surface area contributed by atoms with Crippen molar-refractivity contribution in [2.24, 2.45) is 0 Å². The standard InChI is InChI=1S/C17H12N8O/c1-8-14(9(2)26)22-23-17-13-12(10-4-3-5-20-7-10)11(6-18)15(19)21-16(13)24-25(8)17/h3-5,7H,1-2H3,(H2,19,21,24). The first kappa shape index (κ1) is 15.6. The average Bonchev–Trinajstić information content (AvgIpc) is 3.00. The minimum Gasteiger partial charge on any atom is -0.383 e. The average molecular weight is 344 g/mol. The van der Waals surface area contributed by atoms with Crippen LogP contribution >= 0.6 is 0 Å². The quantitative estimate of drug-likeness (QED) is 0.543. The molecule has 0 aliphatic rings. The molecule has 0 atom stereocenters. The van der Waals surface area contributed by atoms with Gasteiger partial charge in [0.25, 0.3) is 0 Å². The number of rotatable bonds is 2. The summed E-state index contributed by atoms with van der Waals surface area (Å²) in [5.74, 6) is -0.145. The van der Waals surface area contributed by atoms with Crippen molar-refractivity contribution in [3.8, 4) is 17.2 Å². The lowest BCUT2D eigenvalue weighted by atomic mass is 9.99. The molecule has 0 aliphatic carbocycles. The van der Waals surface area contributed by atoms with Crippen LogP contribution in [0.25, 0.3) is 27.8 Å². The maximum Gasteiger partial charge on any atom is 0.187 e. The van der Waals surface area contributed by atoms with Crippen LogP contribution in [0.4, 0.5) is 5.82 Å². The number of nitrogens with zero attached hydrogens (tertiary/aromatic N) is 7. The van der Waals surface area contributed by atoms with Gasteiger partial charge in [0.15, 0.2) is 17.1 Å². The molecule has 0 bridgehead atoms. The Labute approximate surface area is 147 Å². The van der Waals surface area contributed by atoms with Gasteiger partial charge in [-0.05, 0) is 13.0 Å². The second-order valence-electron chi connectivity index (χ2n) is 5.72. The summed E-state index contributed by atoms with van der Waals surface area (Å²) >= 11 is 0. The summed E-state index contributed by atoms with van der Waals surface area (Å²) in [5, 5.41) is 22.7. The molecule has 0 spiro atoms. The molecule has 4 heterocycles. The highest BCUT2D eigenvalue weighted by Crippen LogP contribution is 2.35. The molecule has 0 unspecified atom stereocenters. The summed E-state index contributed by atoms with van der Waals surface area (Å²) in [4.78, 5) is 20.1. The number of hydrogen-bond acceptors (Lipinski definition) is 8. The molecular formula is C17H12N8O. The van der Waals surface area contributed by atoms with Crippen LogP contribution in [0.5, 0.6) is 0 Å². The number of nitrogen functional groups attached to an aromatic ring is 1. The van der Waals surface area contributed by atoms with E-state index in [9.17, 15) is 10.1 Å². The maximum atomic E-state index is 11.7. The Morgan fingerprint density at radius 3 is 2.81 bits per heavy atom. The van der Waals surface area contributed by atoms with Gasteiger partial charge in [0.1, 0.15) is 23.1 Å². The zero-order valence-electron chi connectivity index (χ0n) is 13.9. The van der Waals surface area contributed by atoms with Crippen LogP contribution in [-0.2, 0) is 0 Å². The number of carbonyl (C=O) groups is 1. The second kappa shape index (κ2) is 5.56. The summed E-state index contributed by atoms with van der Waals surface area (Å²) in [6.07, 6.45) is 3.26. The zero-order valence-corrected chi connectivity index (χ0v) is 13.9. The number of Topliss-reactive ketones (excluding diaryl/α,β-unsaturated/α-hetero) is 1. The van der Waals surface area contributed by atoms with Crippen LogP contribution in [0.2, 0.25) is 0 Å². The Bertz CT molecular complexity index is 1240. The van der Waals surface area contributed by atoms with E-state index in [4.69, 9.17) is 5.73 Å². The molecule has 4 aromatic rings. The first-order chi connectivity index (χ1) is 12.5. The molecule has 26 heavy (non-hydrogen) atoms. The fourth-order valence-electron chi connectivity index (χ4n) is 2.96. The van der Waals surface area contributed by atoms with E-state index < -0.39 is 0 Å². The van der Waals surface area contributed by atoms with Gasteiger partial charge in [0.05, 0.1) is 11.1 Å². The van der Waals surface area contributed by atoms with Crippen LogP contribution in [-0.4, -0.2) is 35.6 Å². The van der Waals surface area contributed by atoms with Crippen LogP contribution in [0.1, 0.15) is 28.7 Å². The first-order valence-corrected chi connectivity index (χ1v) is 7.69. The molecule has 0 aliphatic heterocycles. The molecule has 9 nitrogen and oxygen atoms in total. The van der Waals surface area contributed by atoms with Crippen molar-refractivity contribution < 1.29 is 4.79 Å². The van der Waals surface area contributed by atoms with Gasteiger partial charge in [-0.2, -0.15) is 5.26 Å². The maximum absolute atomic E-state index is 11.7. The highest BCUT2D eigenvalue weighted by Gasteiger charge is 2.23. The highest BCUT2D eigenvalue weighted by atomic mass is 16.1. The number of nitriles is 1. The van der Waals surface area contributed by atoms with Crippen LogP contribution in [0.15, 0.2) is 24.5 Å². The minimum atomic E-state index is -0.214. The van der Waals surface area contributed by atoms with Gasteiger partial charge >= 0.3 is 0 Å². The van der Waals surface area contributed by atoms with Crippen molar-refractivity contribution in [2.45, 2.75) is 13.8 Å². The zero-order chi connectivity index (χ0) is 18.4. The van der Waals surface area contributed by atoms with E-state index in [1.165, 1.54) is 11.4 Å². The van der Waals surface area contributed by atoms with Gasteiger partial charge in [0, 0.05) is 30.4 Å². The van der Waals surface area contributed by atoms with E-state index in [2.05, 4.69) is 31.3 Å².